The van der Waals surface area contributed by atoms with Crippen molar-refractivity contribution >= 4 is 10.0 Å². The Kier molecular flexibility index (Phi) is 7.88. The van der Waals surface area contributed by atoms with E-state index < -0.39 is 10.0 Å². The van der Waals surface area contributed by atoms with E-state index in [1.807, 2.05) is 13.1 Å². The highest BCUT2D eigenvalue weighted by molar-refractivity contribution is 7.89. The minimum absolute atomic E-state index is 0.288. The molecule has 0 fully saturated rings. The van der Waals surface area contributed by atoms with Gasteiger partial charge in [-0.1, -0.05) is 26.0 Å². The third-order valence-electron chi connectivity index (χ3n) is 2.97. The van der Waals surface area contributed by atoms with Crippen LogP contribution in [0.1, 0.15) is 25.8 Å². The van der Waals surface area contributed by atoms with Crippen LogP contribution in [0.15, 0.2) is 29.2 Å². The lowest BCUT2D eigenvalue weighted by Gasteiger charge is -2.09. The normalized spacial score (nSPS) is 12.0. The summed E-state index contributed by atoms with van der Waals surface area (Å²) in [6.07, 6.45) is 0.985. The molecule has 0 aliphatic rings. The second kappa shape index (κ2) is 9.15. The molecule has 0 heterocycles. The van der Waals surface area contributed by atoms with Crippen LogP contribution in [0.2, 0.25) is 0 Å². The molecule has 21 heavy (non-hydrogen) atoms. The van der Waals surface area contributed by atoms with E-state index in [2.05, 4.69) is 23.9 Å². The van der Waals surface area contributed by atoms with Crippen molar-refractivity contribution in [3.8, 4) is 0 Å². The second-order valence-corrected chi connectivity index (χ2v) is 7.14. The number of sulfonamides is 1. The molecule has 0 aliphatic carbocycles. The third kappa shape index (κ3) is 7.04. The van der Waals surface area contributed by atoms with Crippen molar-refractivity contribution in [3.05, 3.63) is 29.8 Å². The van der Waals surface area contributed by atoms with Gasteiger partial charge >= 0.3 is 0 Å². The van der Waals surface area contributed by atoms with E-state index in [1.54, 1.807) is 18.2 Å². The van der Waals surface area contributed by atoms with Crippen molar-refractivity contribution in [1.82, 2.24) is 10.0 Å². The Bertz CT molecular complexity index is 515. The minimum atomic E-state index is -3.46. The van der Waals surface area contributed by atoms with Crippen LogP contribution in [0.5, 0.6) is 0 Å². The maximum Gasteiger partial charge on any atom is 0.240 e. The van der Waals surface area contributed by atoms with Crippen molar-refractivity contribution in [2.75, 3.05) is 26.8 Å². The molecule has 0 aromatic heterocycles. The van der Waals surface area contributed by atoms with Crippen molar-refractivity contribution in [1.29, 1.82) is 0 Å². The Hall–Kier alpha value is -0.950. The molecule has 6 heteroatoms. The van der Waals surface area contributed by atoms with Gasteiger partial charge in [0.25, 0.3) is 0 Å². The molecule has 1 rings (SSSR count). The molecular formula is C15H26N2O3S. The summed E-state index contributed by atoms with van der Waals surface area (Å²) in [5, 5.41) is 3.00. The average molecular weight is 314 g/mol. The molecular weight excluding hydrogens is 288 g/mol. The topological polar surface area (TPSA) is 67.4 Å². The molecule has 0 atom stereocenters. The van der Waals surface area contributed by atoms with Gasteiger partial charge in [0.15, 0.2) is 0 Å². The van der Waals surface area contributed by atoms with Crippen LogP contribution < -0.4 is 10.0 Å². The van der Waals surface area contributed by atoms with Crippen LogP contribution in [-0.4, -0.2) is 35.2 Å². The summed E-state index contributed by atoms with van der Waals surface area (Å²) >= 11 is 0. The molecule has 0 amide bonds. The fourth-order valence-electron chi connectivity index (χ4n) is 1.78. The second-order valence-electron chi connectivity index (χ2n) is 5.37. The maximum atomic E-state index is 12.1. The number of rotatable bonds is 10. The lowest BCUT2D eigenvalue weighted by atomic mass is 10.1. The maximum absolute atomic E-state index is 12.1. The summed E-state index contributed by atoms with van der Waals surface area (Å²) in [4.78, 5) is 0.289. The third-order valence-corrected chi connectivity index (χ3v) is 4.43. The Balaban J connectivity index is 2.44. The van der Waals surface area contributed by atoms with Gasteiger partial charge in [0, 0.05) is 19.7 Å². The van der Waals surface area contributed by atoms with Crippen LogP contribution >= 0.6 is 0 Å². The first-order valence-electron chi connectivity index (χ1n) is 7.26. The first kappa shape index (κ1) is 18.1. The predicted octanol–water partition coefficient (Wildman–Crippen LogP) is 1.75. The lowest BCUT2D eigenvalue weighted by Crippen LogP contribution is -2.27. The molecule has 1 aromatic carbocycles. The van der Waals surface area contributed by atoms with Gasteiger partial charge in [-0.3, -0.25) is 0 Å². The first-order valence-corrected chi connectivity index (χ1v) is 8.75. The van der Waals surface area contributed by atoms with Gasteiger partial charge in [-0.15, -0.1) is 0 Å². The predicted molar refractivity (Wildman–Crippen MR) is 84.7 cm³/mol. The monoisotopic (exact) mass is 314 g/mol. The number of hydrogen-bond acceptors (Lipinski definition) is 4. The van der Waals surface area contributed by atoms with Crippen LogP contribution in [0.25, 0.3) is 0 Å². The molecule has 0 saturated heterocycles. The van der Waals surface area contributed by atoms with Crippen LogP contribution in [0, 0.1) is 5.92 Å². The zero-order chi connectivity index (χ0) is 15.7. The summed E-state index contributed by atoms with van der Waals surface area (Å²) in [6.45, 7) is 6.24. The van der Waals surface area contributed by atoms with Crippen molar-refractivity contribution < 1.29 is 13.2 Å². The summed E-state index contributed by atoms with van der Waals surface area (Å²) in [5.74, 6) is 0.594. The highest BCUT2D eigenvalue weighted by Gasteiger charge is 2.13. The number of hydrogen-bond donors (Lipinski definition) is 2. The van der Waals surface area contributed by atoms with Gasteiger partial charge in [-0.05, 0) is 37.1 Å². The summed E-state index contributed by atoms with van der Waals surface area (Å²) in [7, 11) is -1.64. The fraction of sp³-hybridized carbons (Fsp3) is 0.600. The van der Waals surface area contributed by atoms with Gasteiger partial charge in [0.05, 0.1) is 11.5 Å². The summed E-state index contributed by atoms with van der Waals surface area (Å²) in [5.41, 5.74) is 0.938. The van der Waals surface area contributed by atoms with E-state index in [4.69, 9.17) is 4.74 Å². The zero-order valence-electron chi connectivity index (χ0n) is 13.1. The molecule has 120 valence electrons. The van der Waals surface area contributed by atoms with E-state index in [-0.39, 0.29) is 11.4 Å². The highest BCUT2D eigenvalue weighted by atomic mass is 32.2. The van der Waals surface area contributed by atoms with Gasteiger partial charge in [0.2, 0.25) is 10.0 Å². The van der Waals surface area contributed by atoms with Crippen LogP contribution in [0.4, 0.5) is 0 Å². The smallest absolute Gasteiger partial charge is 0.240 e. The van der Waals surface area contributed by atoms with E-state index in [0.29, 0.717) is 25.7 Å². The molecule has 0 unspecified atom stereocenters. The lowest BCUT2D eigenvalue weighted by molar-refractivity contribution is 0.128. The SMILES string of the molecule is CNCc1cccc(S(=O)(=O)NCCOCCC(C)C)c1. The molecule has 5 nitrogen and oxygen atoms in total. The zero-order valence-corrected chi connectivity index (χ0v) is 13.9. The van der Waals surface area contributed by atoms with Gasteiger partial charge in [-0.25, -0.2) is 13.1 Å². The molecule has 1 aromatic rings. The Labute approximate surface area is 128 Å². The Morgan fingerprint density at radius 3 is 2.67 bits per heavy atom. The van der Waals surface area contributed by atoms with Gasteiger partial charge in [-0.2, -0.15) is 0 Å². The summed E-state index contributed by atoms with van der Waals surface area (Å²) < 4.78 is 32.2. The number of ether oxygens (including phenoxy) is 1. The molecule has 0 saturated carbocycles. The molecule has 0 radical (unpaired) electrons. The number of nitrogens with one attached hydrogen (secondary N) is 2. The molecule has 0 spiro atoms. The first-order chi connectivity index (χ1) is 9.95. The van der Waals surface area contributed by atoms with Gasteiger partial charge < -0.3 is 10.1 Å². The molecule has 2 N–H and O–H groups in total. The van der Waals surface area contributed by atoms with Crippen molar-refractivity contribution in [2.45, 2.75) is 31.7 Å². The fourth-order valence-corrected chi connectivity index (χ4v) is 2.86. The van der Waals surface area contributed by atoms with Crippen molar-refractivity contribution in [2.24, 2.45) is 5.92 Å². The quantitative estimate of drug-likeness (QED) is 0.646. The number of benzene rings is 1. The minimum Gasteiger partial charge on any atom is -0.380 e. The molecule has 0 aliphatic heterocycles. The van der Waals surface area contributed by atoms with Crippen LogP contribution in [-0.2, 0) is 21.3 Å². The Morgan fingerprint density at radius 1 is 1.24 bits per heavy atom. The molecule has 0 bridgehead atoms. The summed E-state index contributed by atoms with van der Waals surface area (Å²) in [6, 6.07) is 6.92. The van der Waals surface area contributed by atoms with E-state index >= 15 is 0 Å². The highest BCUT2D eigenvalue weighted by Crippen LogP contribution is 2.11. The standard InChI is InChI=1S/C15H26N2O3S/c1-13(2)7-9-20-10-8-17-21(18,19)15-6-4-5-14(11-15)12-16-3/h4-6,11,13,16-17H,7-10,12H2,1-3H3. The van der Waals surface area contributed by atoms with Gasteiger partial charge in [0.1, 0.15) is 0 Å². The van der Waals surface area contributed by atoms with Crippen LogP contribution in [0.3, 0.4) is 0 Å². The average Bonchev–Trinajstić information content (AvgIpc) is 2.43. The van der Waals surface area contributed by atoms with E-state index in [1.165, 1.54) is 0 Å². The van der Waals surface area contributed by atoms with E-state index in [0.717, 1.165) is 12.0 Å². The van der Waals surface area contributed by atoms with Crippen molar-refractivity contribution in [3.63, 3.8) is 0 Å². The Morgan fingerprint density at radius 2 is 2.00 bits per heavy atom. The van der Waals surface area contributed by atoms with E-state index in [9.17, 15) is 8.42 Å². The largest absolute Gasteiger partial charge is 0.380 e.